The van der Waals surface area contributed by atoms with Crippen molar-refractivity contribution in [2.45, 2.75) is 68.3 Å². The minimum Gasteiger partial charge on any atom is -0.619 e. The van der Waals surface area contributed by atoms with E-state index < -0.39 is 41.4 Å². The zero-order chi connectivity index (χ0) is 48.2. The van der Waals surface area contributed by atoms with E-state index in [0.717, 1.165) is 80.6 Å². The number of alkyl carbamates (subject to hydrolysis) is 1. The van der Waals surface area contributed by atoms with Gasteiger partial charge >= 0.3 is 18.7 Å². The zero-order valence-corrected chi connectivity index (χ0v) is 39.6. The predicted octanol–water partition coefficient (Wildman–Crippen LogP) is 9.50. The Labute approximate surface area is 412 Å². The monoisotopic (exact) mass is 1000 g/mol. The van der Waals surface area contributed by atoms with Gasteiger partial charge in [0.25, 0.3) is 5.91 Å². The lowest BCUT2D eigenvalue weighted by atomic mass is 9.83. The smallest absolute Gasteiger partial charge is 0.408 e. The number of ether oxygens (including phenoxy) is 4. The third-order valence-electron chi connectivity index (χ3n) is 13.3. The molecule has 0 radical (unpaired) electrons. The Hall–Kier alpha value is -5.81. The van der Waals surface area contributed by atoms with Gasteiger partial charge < -0.3 is 39.5 Å². The summed E-state index contributed by atoms with van der Waals surface area (Å²) in [7, 11) is 0. The van der Waals surface area contributed by atoms with Crippen molar-refractivity contribution in [1.29, 1.82) is 0 Å². The number of rotatable bonds is 18. The van der Waals surface area contributed by atoms with Crippen molar-refractivity contribution in [1.82, 2.24) is 15.1 Å². The third kappa shape index (κ3) is 11.0. The summed E-state index contributed by atoms with van der Waals surface area (Å²) >= 11 is 14.2. The molecule has 5 fully saturated rings. The molecule has 10 rings (SSSR count). The Balaban J connectivity index is 0.971. The van der Waals surface area contributed by atoms with Gasteiger partial charge in [-0.1, -0.05) is 83.9 Å². The number of nitrogens with one attached hydrogen (secondary N) is 1. The summed E-state index contributed by atoms with van der Waals surface area (Å²) in [5.41, 5.74) is 3.02. The van der Waals surface area contributed by atoms with Gasteiger partial charge in [-0.3, -0.25) is 9.69 Å². The van der Waals surface area contributed by atoms with Crippen molar-refractivity contribution in [3.8, 4) is 17.2 Å². The van der Waals surface area contributed by atoms with Crippen LogP contribution in [-0.2, 0) is 22.6 Å². The van der Waals surface area contributed by atoms with E-state index in [1.54, 1.807) is 30.3 Å². The van der Waals surface area contributed by atoms with Crippen LogP contribution in [-0.4, -0.2) is 89.0 Å². The fraction of sp³-hybridized carbons (Fsp3) is 0.373. The van der Waals surface area contributed by atoms with Crippen LogP contribution in [0.4, 0.5) is 13.6 Å². The summed E-state index contributed by atoms with van der Waals surface area (Å²) in [6.45, 7) is -0.0386. The van der Waals surface area contributed by atoms with E-state index in [1.807, 2.05) is 48.5 Å². The SMILES string of the molecule is O=C(N[C@@H](c1ccccc1)c1cccc(OCc2cccc(C(=O)N3CCS[C@]3(C(=O)O)[C@@H](Cc3c(Cl)c[n+]([O-])cc3Cl)c3ccc(OC(F)F)c(OCC4CC4)c3)c2)c1)O[C@H]1CN2CCC1CC2. The number of hydrogen-bond donors (Lipinski definition) is 2. The van der Waals surface area contributed by atoms with Gasteiger partial charge in [0.2, 0.25) is 0 Å². The minimum atomic E-state index is -3.16. The van der Waals surface area contributed by atoms with Gasteiger partial charge in [-0.05, 0) is 116 Å². The lowest BCUT2D eigenvalue weighted by Gasteiger charge is -2.43. The van der Waals surface area contributed by atoms with Crippen LogP contribution in [0.15, 0.2) is 109 Å². The number of alkyl halides is 2. The molecule has 4 aliphatic heterocycles. The van der Waals surface area contributed by atoms with Crippen molar-refractivity contribution < 1.29 is 51.9 Å². The van der Waals surface area contributed by atoms with Gasteiger partial charge in [-0.2, -0.15) is 13.5 Å². The first kappa shape index (κ1) is 48.2. The number of carboxylic acids is 1. The Bertz CT molecular complexity index is 2650. The maximum atomic E-state index is 14.8. The fourth-order valence-corrected chi connectivity index (χ4v) is 11.7. The number of aliphatic carboxylic acids is 1. The molecular formula is C51H50Cl2F2N4O9S. The predicted molar refractivity (Wildman–Crippen MR) is 255 cm³/mol. The first-order valence-electron chi connectivity index (χ1n) is 22.9. The third-order valence-corrected chi connectivity index (χ3v) is 15.5. The lowest BCUT2D eigenvalue weighted by molar-refractivity contribution is -0.605. The van der Waals surface area contributed by atoms with Gasteiger partial charge in [0.05, 0.1) is 12.6 Å². The number of hydrogen-bond acceptors (Lipinski definition) is 10. The van der Waals surface area contributed by atoms with Gasteiger partial charge in [0.15, 0.2) is 28.8 Å². The molecule has 0 spiro atoms. The number of carboxylic acid groups (broad SMARTS) is 1. The molecule has 5 aliphatic rings. The maximum absolute atomic E-state index is 14.8. The molecule has 5 heterocycles. The number of benzene rings is 4. The molecular weight excluding hydrogens is 954 g/mol. The Morgan fingerprint density at radius 3 is 2.29 bits per heavy atom. The first-order valence-corrected chi connectivity index (χ1v) is 24.6. The van der Waals surface area contributed by atoms with Crippen LogP contribution >= 0.6 is 35.0 Å². The van der Waals surface area contributed by atoms with Gasteiger partial charge in [-0.15, -0.1) is 11.8 Å². The second-order valence-corrected chi connectivity index (χ2v) is 20.0. The molecule has 5 aromatic rings. The summed E-state index contributed by atoms with van der Waals surface area (Å²) in [4.78, 5) is 43.8. The molecule has 2 N–H and O–H groups in total. The molecule has 2 bridgehead atoms. The number of nitrogens with zero attached hydrogens (tertiary/aromatic N) is 3. The number of amides is 2. The van der Waals surface area contributed by atoms with E-state index >= 15 is 0 Å². The summed E-state index contributed by atoms with van der Waals surface area (Å²) in [6.07, 6.45) is 5.23. The molecule has 4 aromatic carbocycles. The highest BCUT2D eigenvalue weighted by Gasteiger charge is 2.57. The second kappa shape index (κ2) is 21.0. The highest BCUT2D eigenvalue weighted by Crippen LogP contribution is 2.51. The van der Waals surface area contributed by atoms with Crippen LogP contribution in [0.3, 0.4) is 0 Å². The van der Waals surface area contributed by atoms with Crippen LogP contribution in [0, 0.1) is 17.0 Å². The van der Waals surface area contributed by atoms with E-state index in [-0.39, 0.29) is 76.6 Å². The van der Waals surface area contributed by atoms with Crippen LogP contribution < -0.4 is 24.3 Å². The average Bonchev–Trinajstić information content (AvgIpc) is 4.07. The average molecular weight is 1000 g/mol. The fourth-order valence-electron chi connectivity index (χ4n) is 9.59. The van der Waals surface area contributed by atoms with Crippen molar-refractivity contribution in [2.75, 3.05) is 38.5 Å². The van der Waals surface area contributed by atoms with E-state index in [0.29, 0.717) is 27.5 Å². The Morgan fingerprint density at radius 2 is 1.59 bits per heavy atom. The summed E-state index contributed by atoms with van der Waals surface area (Å²) in [6, 6.07) is 27.4. The van der Waals surface area contributed by atoms with E-state index in [2.05, 4.69) is 10.2 Å². The molecule has 13 nitrogen and oxygen atoms in total. The maximum Gasteiger partial charge on any atom is 0.408 e. The number of carbonyl (C=O) groups excluding carboxylic acids is 2. The topological polar surface area (TPSA) is 154 Å². The molecule has 1 aromatic heterocycles. The largest absolute Gasteiger partial charge is 0.619 e. The quantitative estimate of drug-likeness (QED) is 0.0638. The highest BCUT2D eigenvalue weighted by atomic mass is 35.5. The van der Waals surface area contributed by atoms with Gasteiger partial charge in [-0.25, -0.2) is 9.59 Å². The molecule has 69 heavy (non-hydrogen) atoms. The van der Waals surface area contributed by atoms with Gasteiger partial charge in [0, 0.05) is 35.9 Å². The molecule has 1 aliphatic carbocycles. The van der Waals surface area contributed by atoms with Crippen molar-refractivity contribution in [2.24, 2.45) is 11.8 Å². The minimum absolute atomic E-state index is 0.0129. The second-order valence-electron chi connectivity index (χ2n) is 17.8. The van der Waals surface area contributed by atoms with E-state index in [1.165, 1.54) is 23.1 Å². The summed E-state index contributed by atoms with van der Waals surface area (Å²) in [5, 5.41) is 26.7. The Morgan fingerprint density at radius 1 is 0.855 bits per heavy atom. The molecule has 2 amide bonds. The molecule has 0 unspecified atom stereocenters. The van der Waals surface area contributed by atoms with Crippen LogP contribution in [0.25, 0.3) is 0 Å². The first-order chi connectivity index (χ1) is 33.3. The number of fused-ring (bicyclic) bond motifs is 3. The number of carbonyl (C=O) groups is 3. The normalized spacial score (nSPS) is 21.6. The number of piperidine rings is 3. The summed E-state index contributed by atoms with van der Waals surface area (Å²) in [5.74, 6) is -1.95. The molecule has 4 saturated heterocycles. The summed E-state index contributed by atoms with van der Waals surface area (Å²) < 4.78 is 50.7. The molecule has 362 valence electrons. The Kier molecular flexibility index (Phi) is 14.7. The van der Waals surface area contributed by atoms with E-state index in [9.17, 15) is 33.5 Å². The van der Waals surface area contributed by atoms with Crippen molar-refractivity contribution >= 4 is 52.9 Å². The molecule has 4 atom stereocenters. The standard InChI is InChI=1S/C51H50Cl2F2N4O9S/c52-41-26-58(64)27-42(53)39(41)25-40(35-14-15-43(67-49(54)55)44(24-35)66-29-31-12-13-31)51(48(61)62)59(20-21-69-51)47(60)37-10-4-6-32(22-37)30-65-38-11-5-9-36(23-38)46(34-7-2-1-3-8-34)56-50(63)68-45-28-57-18-16-33(45)17-19-57/h1-11,14-15,22-24,26-27,31,33,40,45-46,49H,12-13,16-21,25,28-30H2,(H,56,63)(H,61,62)/t40-,45-,46-,51-/m0/s1. The molecule has 18 heteroatoms. The number of pyridine rings is 1. The van der Waals surface area contributed by atoms with Crippen LogP contribution in [0.5, 0.6) is 17.2 Å². The van der Waals surface area contributed by atoms with Crippen molar-refractivity contribution in [3.63, 3.8) is 0 Å². The number of aromatic nitrogens is 1. The number of halogens is 4. The number of thioether (sulfide) groups is 1. The van der Waals surface area contributed by atoms with Crippen LogP contribution in [0.1, 0.15) is 75.8 Å². The highest BCUT2D eigenvalue weighted by molar-refractivity contribution is 8.01. The van der Waals surface area contributed by atoms with Crippen molar-refractivity contribution in [3.05, 3.63) is 158 Å². The zero-order valence-electron chi connectivity index (χ0n) is 37.3. The van der Waals surface area contributed by atoms with Crippen LogP contribution in [0.2, 0.25) is 10.0 Å². The van der Waals surface area contributed by atoms with E-state index in [4.69, 9.17) is 42.1 Å². The lowest BCUT2D eigenvalue weighted by Crippen LogP contribution is -2.55. The molecule has 1 saturated carbocycles. The van der Waals surface area contributed by atoms with Gasteiger partial charge in [0.1, 0.15) is 28.5 Å².